The van der Waals surface area contributed by atoms with Crippen LogP contribution < -0.4 is 0 Å². The average molecular weight is 305 g/mol. The molecule has 1 aliphatic carbocycles. The van der Waals surface area contributed by atoms with Crippen molar-refractivity contribution in [3.05, 3.63) is 36.5 Å². The van der Waals surface area contributed by atoms with Crippen LogP contribution in [0.4, 0.5) is 0 Å². The van der Waals surface area contributed by atoms with Crippen LogP contribution in [0.5, 0.6) is 0 Å². The van der Waals surface area contributed by atoms with Crippen molar-refractivity contribution in [2.24, 2.45) is 11.8 Å². The van der Waals surface area contributed by atoms with E-state index in [9.17, 15) is 5.11 Å². The predicted molar refractivity (Wildman–Crippen MR) is 97.9 cm³/mol. The maximum atomic E-state index is 9.77. The van der Waals surface area contributed by atoms with Gasteiger partial charge in [-0.2, -0.15) is 0 Å². The first-order valence-electron chi connectivity index (χ1n) is 9.44. The molecule has 0 aliphatic heterocycles. The van der Waals surface area contributed by atoms with E-state index in [-0.39, 0.29) is 6.10 Å². The second-order valence-electron chi connectivity index (χ2n) is 6.72. The molecule has 1 fully saturated rings. The Hall–Kier alpha value is -0.820. The van der Waals surface area contributed by atoms with Crippen LogP contribution in [-0.4, -0.2) is 11.2 Å². The molecule has 1 aliphatic rings. The van der Waals surface area contributed by atoms with E-state index in [1.807, 2.05) is 12.2 Å². The number of hydrogen-bond acceptors (Lipinski definition) is 1. The highest BCUT2D eigenvalue weighted by atomic mass is 16.3. The van der Waals surface area contributed by atoms with Gasteiger partial charge in [-0.3, -0.25) is 0 Å². The Labute approximate surface area is 138 Å². The van der Waals surface area contributed by atoms with Gasteiger partial charge in [0.2, 0.25) is 0 Å². The minimum Gasteiger partial charge on any atom is -0.389 e. The maximum absolute atomic E-state index is 9.77. The fraction of sp³-hybridized carbons (Fsp3) is 0.714. The summed E-state index contributed by atoms with van der Waals surface area (Å²) >= 11 is 0. The quantitative estimate of drug-likeness (QED) is 0.244. The zero-order valence-electron chi connectivity index (χ0n) is 14.7. The van der Waals surface area contributed by atoms with Crippen LogP contribution in [0, 0.1) is 11.8 Å². The summed E-state index contributed by atoms with van der Waals surface area (Å²) in [6, 6.07) is 0. The van der Waals surface area contributed by atoms with Crippen molar-refractivity contribution >= 4 is 0 Å². The van der Waals surface area contributed by atoms with Crippen molar-refractivity contribution in [3.63, 3.8) is 0 Å². The minimum atomic E-state index is -0.266. The second-order valence-corrected chi connectivity index (χ2v) is 6.72. The minimum absolute atomic E-state index is 0.266. The van der Waals surface area contributed by atoms with Crippen molar-refractivity contribution in [3.8, 4) is 0 Å². The van der Waals surface area contributed by atoms with E-state index in [4.69, 9.17) is 0 Å². The Morgan fingerprint density at radius 3 is 2.36 bits per heavy atom. The van der Waals surface area contributed by atoms with E-state index < -0.39 is 0 Å². The highest BCUT2D eigenvalue weighted by Gasteiger charge is 2.34. The number of hydrogen-bond donors (Lipinski definition) is 1. The number of allylic oxidation sites excluding steroid dienone is 5. The molecular formula is C21H36O. The SMILES string of the molecule is CCCC/C=C\C[C@@H]1C[C@@H]1C/C=C\C=C\[C@H](O)CCCCC. The standard InChI is InChI=1S/C21H36O/c1-3-5-7-8-11-14-19-18-20(19)15-12-9-13-17-21(22)16-10-6-4-2/h8-9,11-13,17,19-22H,3-7,10,14-16,18H2,1-2H3/b11-8-,12-9-,17-13+/t19-,20+,21-/m1/s1. The van der Waals surface area contributed by atoms with Gasteiger partial charge in [0.1, 0.15) is 0 Å². The van der Waals surface area contributed by atoms with Gasteiger partial charge in [-0.1, -0.05) is 82.4 Å². The lowest BCUT2D eigenvalue weighted by Gasteiger charge is -2.03. The van der Waals surface area contributed by atoms with Crippen LogP contribution in [0.1, 0.15) is 78.1 Å². The predicted octanol–water partition coefficient (Wildman–Crippen LogP) is 6.20. The fourth-order valence-corrected chi connectivity index (χ4v) is 2.82. The molecule has 0 radical (unpaired) electrons. The molecule has 1 N–H and O–H groups in total. The Morgan fingerprint density at radius 2 is 1.64 bits per heavy atom. The highest BCUT2D eigenvalue weighted by Crippen LogP contribution is 2.44. The molecule has 3 atom stereocenters. The molecule has 0 aromatic carbocycles. The zero-order chi connectivity index (χ0) is 16.0. The second kappa shape index (κ2) is 12.7. The fourth-order valence-electron chi connectivity index (χ4n) is 2.82. The molecule has 1 rings (SSSR count). The molecule has 0 unspecified atom stereocenters. The average Bonchev–Trinajstić information content (AvgIpc) is 3.25. The van der Waals surface area contributed by atoms with Gasteiger partial charge in [-0.15, -0.1) is 0 Å². The number of aliphatic hydroxyl groups excluding tert-OH is 1. The van der Waals surface area contributed by atoms with E-state index in [0.29, 0.717) is 0 Å². The van der Waals surface area contributed by atoms with Crippen LogP contribution in [0.2, 0.25) is 0 Å². The smallest absolute Gasteiger partial charge is 0.0723 e. The molecule has 1 heteroatoms. The molecule has 126 valence electrons. The van der Waals surface area contributed by atoms with Gasteiger partial charge in [-0.05, 0) is 43.9 Å². The molecule has 0 spiro atoms. The Kier molecular flexibility index (Phi) is 11.1. The normalized spacial score (nSPS) is 23.0. The van der Waals surface area contributed by atoms with Gasteiger partial charge in [0.25, 0.3) is 0 Å². The van der Waals surface area contributed by atoms with Gasteiger partial charge in [0.05, 0.1) is 6.10 Å². The molecule has 0 aromatic heterocycles. The largest absolute Gasteiger partial charge is 0.389 e. The zero-order valence-corrected chi connectivity index (χ0v) is 14.7. The van der Waals surface area contributed by atoms with Crippen molar-refractivity contribution in [1.82, 2.24) is 0 Å². The third-order valence-corrected chi connectivity index (χ3v) is 4.52. The van der Waals surface area contributed by atoms with Crippen molar-refractivity contribution in [2.75, 3.05) is 0 Å². The summed E-state index contributed by atoms with van der Waals surface area (Å²) < 4.78 is 0. The molecule has 0 amide bonds. The van der Waals surface area contributed by atoms with E-state index in [1.54, 1.807) is 0 Å². The van der Waals surface area contributed by atoms with Crippen LogP contribution in [-0.2, 0) is 0 Å². The van der Waals surface area contributed by atoms with E-state index in [0.717, 1.165) is 24.7 Å². The summed E-state index contributed by atoms with van der Waals surface area (Å²) in [7, 11) is 0. The van der Waals surface area contributed by atoms with Gasteiger partial charge in [-0.25, -0.2) is 0 Å². The summed E-state index contributed by atoms with van der Waals surface area (Å²) in [4.78, 5) is 0. The highest BCUT2D eigenvalue weighted by molar-refractivity contribution is 5.07. The third kappa shape index (κ3) is 10.00. The Balaban J connectivity index is 2.01. The summed E-state index contributed by atoms with van der Waals surface area (Å²) in [6.45, 7) is 4.44. The van der Waals surface area contributed by atoms with Gasteiger partial charge < -0.3 is 5.11 Å². The van der Waals surface area contributed by atoms with E-state index in [2.05, 4.69) is 38.2 Å². The van der Waals surface area contributed by atoms with Gasteiger partial charge >= 0.3 is 0 Å². The molecule has 0 saturated heterocycles. The van der Waals surface area contributed by atoms with Crippen LogP contribution in [0.3, 0.4) is 0 Å². The molecule has 0 bridgehead atoms. The topological polar surface area (TPSA) is 20.2 Å². The lowest BCUT2D eigenvalue weighted by atomic mass is 10.1. The molecule has 1 nitrogen and oxygen atoms in total. The Morgan fingerprint density at radius 1 is 0.909 bits per heavy atom. The maximum Gasteiger partial charge on any atom is 0.0723 e. The number of unbranched alkanes of at least 4 members (excludes halogenated alkanes) is 4. The lowest BCUT2D eigenvalue weighted by Crippen LogP contribution is -2.00. The molecule has 0 aromatic rings. The van der Waals surface area contributed by atoms with E-state index >= 15 is 0 Å². The summed E-state index contributed by atoms with van der Waals surface area (Å²) in [5.41, 5.74) is 0. The first-order chi connectivity index (χ1) is 10.8. The van der Waals surface area contributed by atoms with Crippen molar-refractivity contribution < 1.29 is 5.11 Å². The lowest BCUT2D eigenvalue weighted by molar-refractivity contribution is 0.208. The summed E-state index contributed by atoms with van der Waals surface area (Å²) in [5, 5.41) is 9.77. The summed E-state index contributed by atoms with van der Waals surface area (Å²) in [6.07, 6.45) is 25.0. The van der Waals surface area contributed by atoms with Crippen molar-refractivity contribution in [2.45, 2.75) is 84.2 Å². The summed E-state index contributed by atoms with van der Waals surface area (Å²) in [5.74, 6) is 1.82. The van der Waals surface area contributed by atoms with Crippen molar-refractivity contribution in [1.29, 1.82) is 0 Å². The van der Waals surface area contributed by atoms with E-state index in [1.165, 1.54) is 51.4 Å². The molecule has 22 heavy (non-hydrogen) atoms. The monoisotopic (exact) mass is 304 g/mol. The molecule has 1 saturated carbocycles. The molecular weight excluding hydrogens is 268 g/mol. The van der Waals surface area contributed by atoms with Gasteiger partial charge in [0.15, 0.2) is 0 Å². The number of aliphatic hydroxyl groups is 1. The van der Waals surface area contributed by atoms with Crippen LogP contribution >= 0.6 is 0 Å². The Bertz CT molecular complexity index is 340. The molecule has 0 heterocycles. The first-order valence-corrected chi connectivity index (χ1v) is 9.44. The van der Waals surface area contributed by atoms with Crippen LogP contribution in [0.15, 0.2) is 36.5 Å². The number of rotatable bonds is 13. The van der Waals surface area contributed by atoms with Crippen LogP contribution in [0.25, 0.3) is 0 Å². The van der Waals surface area contributed by atoms with Gasteiger partial charge in [0, 0.05) is 0 Å². The third-order valence-electron chi connectivity index (χ3n) is 4.52. The first kappa shape index (κ1) is 19.2.